The minimum absolute atomic E-state index is 0.0538. The first-order valence-electron chi connectivity index (χ1n) is 11.9. The minimum Gasteiger partial charge on any atom is -0.388 e. The fraction of sp³-hybridized carbons (Fsp3) is 0.357. The van der Waals surface area contributed by atoms with Gasteiger partial charge in [0.25, 0.3) is 0 Å². The van der Waals surface area contributed by atoms with E-state index < -0.39 is 49.4 Å². The number of rotatable bonds is 3. The number of aliphatic hydroxyl groups is 1. The van der Waals surface area contributed by atoms with Crippen molar-refractivity contribution in [2.75, 3.05) is 13.2 Å². The Morgan fingerprint density at radius 1 is 0.486 bits per heavy atom. The molecule has 3 heterocycles. The van der Waals surface area contributed by atoms with Crippen LogP contribution in [0.1, 0.15) is 35.6 Å². The lowest BCUT2D eigenvalue weighted by Crippen LogP contribution is -2.54. The van der Waals surface area contributed by atoms with Crippen LogP contribution in [0.3, 0.4) is 0 Å². The fourth-order valence-electron chi connectivity index (χ4n) is 4.81. The van der Waals surface area contributed by atoms with E-state index in [2.05, 4.69) is 0 Å². The molecule has 3 aliphatic rings. The van der Waals surface area contributed by atoms with E-state index in [9.17, 15) is 5.11 Å². The van der Waals surface area contributed by atoms with Crippen molar-refractivity contribution in [1.29, 1.82) is 0 Å². The molecule has 3 aromatic carbocycles. The molecule has 3 fully saturated rings. The highest BCUT2D eigenvalue weighted by Crippen LogP contribution is 2.41. The van der Waals surface area contributed by atoms with E-state index in [4.69, 9.17) is 28.4 Å². The summed E-state index contributed by atoms with van der Waals surface area (Å²) in [6.07, 6.45) is -5.36. The van der Waals surface area contributed by atoms with Crippen LogP contribution in [-0.4, -0.2) is 48.8 Å². The summed E-state index contributed by atoms with van der Waals surface area (Å²) in [5, 5.41) is 11.1. The monoisotopic (exact) mass is 476 g/mol. The second-order valence-corrected chi connectivity index (χ2v) is 8.94. The Morgan fingerprint density at radius 2 is 0.943 bits per heavy atom. The lowest BCUT2D eigenvalue weighted by Gasteiger charge is -2.40. The number of aliphatic hydroxyl groups excluding tert-OH is 1. The standard InChI is InChI=1S/C28H28O7/c29-21-16-30-26(18-10-4-1-5-11-18)35-25-23(21)33-28(20-14-8-3-9-15-20)32-22-17-31-27(34-24(22)25)19-12-6-2-7-13-19/h1-15,21-29H,16-17H2. The maximum atomic E-state index is 11.1. The van der Waals surface area contributed by atoms with Crippen molar-refractivity contribution in [1.82, 2.24) is 0 Å². The van der Waals surface area contributed by atoms with Crippen molar-refractivity contribution >= 4 is 0 Å². The molecule has 7 heteroatoms. The molecule has 0 aromatic heterocycles. The van der Waals surface area contributed by atoms with E-state index in [0.717, 1.165) is 16.7 Å². The van der Waals surface area contributed by atoms with Gasteiger partial charge in [-0.3, -0.25) is 0 Å². The number of hydrogen-bond acceptors (Lipinski definition) is 7. The molecular formula is C28H28O7. The predicted octanol–water partition coefficient (Wildman–Crippen LogP) is 4.06. The highest BCUT2D eigenvalue weighted by atomic mass is 16.8. The molecule has 7 nitrogen and oxygen atoms in total. The zero-order valence-electron chi connectivity index (χ0n) is 19.1. The molecule has 3 saturated heterocycles. The molecule has 3 aliphatic heterocycles. The zero-order valence-corrected chi connectivity index (χ0v) is 19.1. The van der Waals surface area contributed by atoms with Gasteiger partial charge in [0, 0.05) is 16.7 Å². The molecule has 0 bridgehead atoms. The molecule has 0 saturated carbocycles. The lowest BCUT2D eigenvalue weighted by atomic mass is 9.98. The summed E-state index contributed by atoms with van der Waals surface area (Å²) in [7, 11) is 0. The van der Waals surface area contributed by atoms with Crippen molar-refractivity contribution in [2.45, 2.75) is 49.4 Å². The molecule has 35 heavy (non-hydrogen) atoms. The largest absolute Gasteiger partial charge is 0.388 e. The van der Waals surface area contributed by atoms with Crippen LogP contribution in [0.4, 0.5) is 0 Å². The maximum Gasteiger partial charge on any atom is 0.184 e. The molecule has 3 aromatic rings. The van der Waals surface area contributed by atoms with E-state index in [1.54, 1.807) is 0 Å². The minimum atomic E-state index is -0.941. The molecule has 6 rings (SSSR count). The van der Waals surface area contributed by atoms with Gasteiger partial charge in [0.15, 0.2) is 18.9 Å². The Labute approximate surface area is 204 Å². The predicted molar refractivity (Wildman–Crippen MR) is 125 cm³/mol. The maximum absolute atomic E-state index is 11.1. The van der Waals surface area contributed by atoms with Crippen molar-refractivity contribution in [3.63, 3.8) is 0 Å². The molecule has 0 aliphatic carbocycles. The van der Waals surface area contributed by atoms with Gasteiger partial charge in [0.2, 0.25) is 0 Å². The molecular weight excluding hydrogens is 448 g/mol. The van der Waals surface area contributed by atoms with Crippen LogP contribution >= 0.6 is 0 Å². The van der Waals surface area contributed by atoms with Gasteiger partial charge in [-0.05, 0) is 0 Å². The first kappa shape index (κ1) is 22.8. The van der Waals surface area contributed by atoms with E-state index in [1.165, 1.54) is 0 Å². The number of fused-ring (bicyclic) bond motifs is 3. The van der Waals surface area contributed by atoms with Crippen molar-refractivity contribution in [3.05, 3.63) is 108 Å². The van der Waals surface area contributed by atoms with Crippen LogP contribution < -0.4 is 0 Å². The molecule has 8 atom stereocenters. The highest BCUT2D eigenvalue weighted by Gasteiger charge is 2.51. The summed E-state index contributed by atoms with van der Waals surface area (Å²) < 4.78 is 37.9. The first-order valence-corrected chi connectivity index (χ1v) is 11.9. The molecule has 8 unspecified atom stereocenters. The van der Waals surface area contributed by atoms with Crippen LogP contribution in [0.2, 0.25) is 0 Å². The van der Waals surface area contributed by atoms with Gasteiger partial charge in [-0.2, -0.15) is 0 Å². The van der Waals surface area contributed by atoms with Gasteiger partial charge in [0.1, 0.15) is 30.5 Å². The first-order chi connectivity index (χ1) is 17.3. The second-order valence-electron chi connectivity index (χ2n) is 8.94. The third-order valence-electron chi connectivity index (χ3n) is 6.58. The van der Waals surface area contributed by atoms with Crippen LogP contribution in [0, 0.1) is 0 Å². The van der Waals surface area contributed by atoms with Crippen LogP contribution in [0.15, 0.2) is 91.0 Å². The molecule has 0 amide bonds. The smallest absolute Gasteiger partial charge is 0.184 e. The fourth-order valence-corrected chi connectivity index (χ4v) is 4.81. The zero-order chi connectivity index (χ0) is 23.6. The van der Waals surface area contributed by atoms with Gasteiger partial charge in [-0.1, -0.05) is 91.0 Å². The number of benzene rings is 3. The summed E-state index contributed by atoms with van der Waals surface area (Å²) in [6, 6.07) is 29.1. The summed E-state index contributed by atoms with van der Waals surface area (Å²) in [4.78, 5) is 0. The summed E-state index contributed by atoms with van der Waals surface area (Å²) in [6.45, 7) is 0.342. The summed E-state index contributed by atoms with van der Waals surface area (Å²) in [5.41, 5.74) is 2.60. The normalized spacial score (nSPS) is 35.2. The number of ether oxygens (including phenoxy) is 6. The van der Waals surface area contributed by atoms with Crippen LogP contribution in [0.5, 0.6) is 0 Å². The Balaban J connectivity index is 1.36. The average molecular weight is 477 g/mol. The highest BCUT2D eigenvalue weighted by molar-refractivity contribution is 5.19. The van der Waals surface area contributed by atoms with Crippen molar-refractivity contribution < 1.29 is 33.5 Å². The van der Waals surface area contributed by atoms with E-state index in [1.807, 2.05) is 91.0 Å². The Hall–Kier alpha value is -2.62. The molecule has 0 spiro atoms. The third-order valence-corrected chi connectivity index (χ3v) is 6.58. The molecule has 182 valence electrons. The summed E-state index contributed by atoms with van der Waals surface area (Å²) in [5.74, 6) is 0. The lowest BCUT2D eigenvalue weighted by molar-refractivity contribution is -0.301. The van der Waals surface area contributed by atoms with Crippen LogP contribution in [-0.2, 0) is 28.4 Å². The van der Waals surface area contributed by atoms with Crippen molar-refractivity contribution in [3.8, 4) is 0 Å². The molecule has 0 radical (unpaired) electrons. The van der Waals surface area contributed by atoms with Crippen molar-refractivity contribution in [2.24, 2.45) is 0 Å². The molecule has 1 N–H and O–H groups in total. The SMILES string of the molecule is OC1COC(c2ccccc2)OC2C1OC(c1ccccc1)OC1COC(c3ccccc3)OC12. The van der Waals surface area contributed by atoms with Gasteiger partial charge in [-0.15, -0.1) is 0 Å². The van der Waals surface area contributed by atoms with Gasteiger partial charge in [-0.25, -0.2) is 0 Å². The number of hydrogen-bond donors (Lipinski definition) is 1. The second kappa shape index (κ2) is 10.2. The van der Waals surface area contributed by atoms with Crippen LogP contribution in [0.25, 0.3) is 0 Å². The average Bonchev–Trinajstić information content (AvgIpc) is 3.19. The Bertz CT molecular complexity index is 1080. The summed E-state index contributed by atoms with van der Waals surface area (Å²) >= 11 is 0. The topological polar surface area (TPSA) is 75.6 Å². The third kappa shape index (κ3) is 4.77. The van der Waals surface area contributed by atoms with Gasteiger partial charge < -0.3 is 33.5 Å². The van der Waals surface area contributed by atoms with Gasteiger partial charge in [0.05, 0.1) is 13.2 Å². The van der Waals surface area contributed by atoms with E-state index >= 15 is 0 Å². The Morgan fingerprint density at radius 3 is 1.51 bits per heavy atom. The Kier molecular flexibility index (Phi) is 6.63. The van der Waals surface area contributed by atoms with E-state index in [0.29, 0.717) is 0 Å². The van der Waals surface area contributed by atoms with E-state index in [-0.39, 0.29) is 13.2 Å². The quantitative estimate of drug-likeness (QED) is 0.611. The van der Waals surface area contributed by atoms with Gasteiger partial charge >= 0.3 is 0 Å².